The van der Waals surface area contributed by atoms with Gasteiger partial charge in [0.2, 0.25) is 11.8 Å². The van der Waals surface area contributed by atoms with Crippen LogP contribution in [0.2, 0.25) is 0 Å². The van der Waals surface area contributed by atoms with Crippen LogP contribution in [-0.4, -0.2) is 62.1 Å². The van der Waals surface area contributed by atoms with Gasteiger partial charge >= 0.3 is 6.09 Å². The van der Waals surface area contributed by atoms with Crippen molar-refractivity contribution in [2.75, 3.05) is 33.2 Å². The number of benzene rings is 2. The Morgan fingerprint density at radius 3 is 2.25 bits per heavy atom. The second-order valence-electron chi connectivity index (χ2n) is 8.87. The Balaban J connectivity index is 0.000000378. The molecule has 1 aromatic heterocycles. The van der Waals surface area contributed by atoms with Gasteiger partial charge in [0.05, 0.1) is 26.8 Å². The number of anilines is 1. The average Bonchev–Trinajstić information content (AvgIpc) is 3.79. The Kier molecular flexibility index (Phi) is 9.80. The molecule has 3 amide bonds. The van der Waals surface area contributed by atoms with Crippen LogP contribution in [0.25, 0.3) is 10.9 Å². The molecule has 3 N–H and O–H groups in total. The molecule has 11 nitrogen and oxygen atoms in total. The summed E-state index contributed by atoms with van der Waals surface area (Å²) in [5.74, 6) is 1.37. The summed E-state index contributed by atoms with van der Waals surface area (Å²) >= 11 is 0. The molecule has 1 saturated carbocycles. The van der Waals surface area contributed by atoms with E-state index in [0.29, 0.717) is 53.6 Å². The first-order chi connectivity index (χ1) is 19.2. The van der Waals surface area contributed by atoms with Gasteiger partial charge in [0.25, 0.3) is 0 Å². The number of carbonyl (C=O) groups excluding carboxylic acids is 3. The third-order valence-electron chi connectivity index (χ3n) is 6.24. The number of amides is 3. The van der Waals surface area contributed by atoms with Gasteiger partial charge in [-0.05, 0) is 49.2 Å². The van der Waals surface area contributed by atoms with E-state index in [2.05, 4.69) is 28.3 Å². The molecular weight excluding hydrogens is 516 g/mol. The van der Waals surface area contributed by atoms with Crippen molar-refractivity contribution in [3.05, 3.63) is 61.3 Å². The van der Waals surface area contributed by atoms with E-state index in [1.54, 1.807) is 62.9 Å². The Labute approximate surface area is 232 Å². The van der Waals surface area contributed by atoms with Crippen LogP contribution in [0.15, 0.2) is 61.3 Å². The fourth-order valence-electron chi connectivity index (χ4n) is 3.70. The van der Waals surface area contributed by atoms with Crippen LogP contribution in [0.3, 0.4) is 0 Å². The summed E-state index contributed by atoms with van der Waals surface area (Å²) in [6.07, 6.45) is 4.66. The molecule has 1 aliphatic carbocycles. The van der Waals surface area contributed by atoms with E-state index >= 15 is 0 Å². The zero-order valence-corrected chi connectivity index (χ0v) is 22.8. The predicted molar refractivity (Wildman–Crippen MR) is 150 cm³/mol. The third-order valence-corrected chi connectivity index (χ3v) is 6.24. The summed E-state index contributed by atoms with van der Waals surface area (Å²) in [7, 11) is 4.46. The topological polar surface area (TPSA) is 142 Å². The lowest BCUT2D eigenvalue weighted by Gasteiger charge is -2.13. The fourth-order valence-corrected chi connectivity index (χ4v) is 3.70. The SMILES string of the molecule is C=CCC[N+](=C)C(=O)OC.COc1cc2nccc(Oc3ccc(NC(=O)C4(C(N)=O)CC4)cc3)c2cc1OC. The normalized spacial score (nSPS) is 12.7. The van der Waals surface area contributed by atoms with E-state index < -0.39 is 17.4 Å². The first-order valence-electron chi connectivity index (χ1n) is 12.4. The van der Waals surface area contributed by atoms with Crippen LogP contribution in [0.5, 0.6) is 23.0 Å². The molecule has 40 heavy (non-hydrogen) atoms. The molecule has 210 valence electrons. The van der Waals surface area contributed by atoms with Crippen LogP contribution >= 0.6 is 0 Å². The molecule has 11 heteroatoms. The van der Waals surface area contributed by atoms with E-state index in [9.17, 15) is 14.4 Å². The smallest absolute Gasteiger partial charge is 0.493 e. The van der Waals surface area contributed by atoms with Crippen LogP contribution < -0.4 is 25.3 Å². The molecule has 4 rings (SSSR count). The Bertz CT molecular complexity index is 1420. The van der Waals surface area contributed by atoms with E-state index in [1.807, 2.05) is 6.07 Å². The van der Waals surface area contributed by atoms with Crippen LogP contribution in [0.1, 0.15) is 19.3 Å². The van der Waals surface area contributed by atoms with Gasteiger partial charge in [-0.15, -0.1) is 11.2 Å². The summed E-state index contributed by atoms with van der Waals surface area (Å²) in [6.45, 7) is 7.52. The van der Waals surface area contributed by atoms with Crippen molar-refractivity contribution >= 4 is 41.2 Å². The highest BCUT2D eigenvalue weighted by Gasteiger charge is 2.55. The quantitative estimate of drug-likeness (QED) is 0.165. The van der Waals surface area contributed by atoms with Crippen molar-refractivity contribution in [3.8, 4) is 23.0 Å². The molecule has 1 fully saturated rings. The first-order valence-corrected chi connectivity index (χ1v) is 12.4. The van der Waals surface area contributed by atoms with Gasteiger partial charge in [-0.3, -0.25) is 14.6 Å². The molecule has 0 aliphatic heterocycles. The predicted octanol–water partition coefficient (Wildman–Crippen LogP) is 4.29. The lowest BCUT2D eigenvalue weighted by molar-refractivity contribution is -0.435. The number of primary amides is 1. The highest BCUT2D eigenvalue weighted by atomic mass is 16.5. The van der Waals surface area contributed by atoms with Gasteiger partial charge in [-0.1, -0.05) is 6.08 Å². The number of pyridine rings is 1. The lowest BCUT2D eigenvalue weighted by atomic mass is 10.1. The third kappa shape index (κ3) is 6.93. The highest BCUT2D eigenvalue weighted by Crippen LogP contribution is 2.46. The summed E-state index contributed by atoms with van der Waals surface area (Å²) in [5, 5.41) is 3.51. The monoisotopic (exact) mass is 549 g/mol. The van der Waals surface area contributed by atoms with Crippen molar-refractivity contribution in [1.29, 1.82) is 0 Å². The van der Waals surface area contributed by atoms with Crippen molar-refractivity contribution < 1.29 is 37.9 Å². The number of hydrogen-bond donors (Lipinski definition) is 2. The van der Waals surface area contributed by atoms with Crippen molar-refractivity contribution in [1.82, 2.24) is 4.98 Å². The maximum absolute atomic E-state index is 12.3. The van der Waals surface area contributed by atoms with E-state index in [4.69, 9.17) is 19.9 Å². The van der Waals surface area contributed by atoms with Crippen LogP contribution in [0.4, 0.5) is 10.5 Å². The molecule has 0 saturated heterocycles. The number of nitrogens with zero attached hydrogens (tertiary/aromatic N) is 2. The number of nitrogens with two attached hydrogens (primary N) is 1. The zero-order valence-electron chi connectivity index (χ0n) is 22.8. The molecule has 0 unspecified atom stereocenters. The number of aromatic nitrogens is 1. The molecule has 0 spiro atoms. The number of methoxy groups -OCH3 is 3. The average molecular weight is 550 g/mol. The highest BCUT2D eigenvalue weighted by molar-refractivity contribution is 6.12. The van der Waals surface area contributed by atoms with Crippen LogP contribution in [-0.2, 0) is 14.3 Å². The zero-order chi connectivity index (χ0) is 29.3. The number of carbonyl (C=O) groups is 3. The second-order valence-corrected chi connectivity index (χ2v) is 8.87. The molecule has 1 heterocycles. The number of hydrogen-bond acceptors (Lipinski definition) is 8. The summed E-state index contributed by atoms with van der Waals surface area (Å²) in [5.41, 5.74) is 5.54. The molecule has 1 aliphatic rings. The Morgan fingerprint density at radius 1 is 1.05 bits per heavy atom. The van der Waals surface area contributed by atoms with Crippen molar-refractivity contribution in [2.45, 2.75) is 19.3 Å². The standard InChI is InChI=1S/C22H21N3O5.C7H12NO2/c1-28-18-11-15-16(12-19(18)29-2)24-10-7-17(15)30-14-5-3-13(4-6-14)25-21(27)22(8-9-22)20(23)26;1-4-5-6-8(2)7(9)10-3/h3-7,10-12H,8-9H2,1-2H3,(H2,23,26)(H,25,27);4H,1-2,5-6H2,3H3/q;+1. The summed E-state index contributed by atoms with van der Waals surface area (Å²) in [6, 6.07) is 12.2. The summed E-state index contributed by atoms with van der Waals surface area (Å²) in [4.78, 5) is 38.8. The number of rotatable bonds is 10. The molecule has 0 radical (unpaired) electrons. The van der Waals surface area contributed by atoms with Gasteiger partial charge in [-0.2, -0.15) is 4.79 Å². The Morgan fingerprint density at radius 2 is 1.70 bits per heavy atom. The van der Waals surface area contributed by atoms with E-state index in [-0.39, 0.29) is 5.91 Å². The maximum Gasteiger partial charge on any atom is 0.595 e. The van der Waals surface area contributed by atoms with Crippen LogP contribution in [0, 0.1) is 5.41 Å². The van der Waals surface area contributed by atoms with Crippen molar-refractivity contribution in [3.63, 3.8) is 0 Å². The first kappa shape index (κ1) is 29.6. The van der Waals surface area contributed by atoms with Crippen molar-refractivity contribution in [2.24, 2.45) is 11.1 Å². The molecule has 0 bridgehead atoms. The molecular formula is C29H33N4O7+. The largest absolute Gasteiger partial charge is 0.595 e. The number of nitrogens with one attached hydrogen (secondary N) is 1. The van der Waals surface area contributed by atoms with Gasteiger partial charge in [0.1, 0.15) is 23.6 Å². The number of fused-ring (bicyclic) bond motifs is 1. The molecule has 3 aromatic rings. The second kappa shape index (κ2) is 13.2. The minimum Gasteiger partial charge on any atom is -0.493 e. The van der Waals surface area contributed by atoms with Gasteiger partial charge in [0, 0.05) is 29.8 Å². The lowest BCUT2D eigenvalue weighted by Crippen LogP contribution is -2.36. The van der Waals surface area contributed by atoms with Gasteiger partial charge in [0.15, 0.2) is 18.0 Å². The van der Waals surface area contributed by atoms with E-state index in [1.165, 1.54) is 11.7 Å². The minimum absolute atomic E-state index is 0.371. The molecule has 2 aromatic carbocycles. The Hall–Kier alpha value is -4.93. The molecule has 0 atom stereocenters. The number of ether oxygens (including phenoxy) is 4. The maximum atomic E-state index is 12.3. The summed E-state index contributed by atoms with van der Waals surface area (Å²) < 4.78 is 22.4. The van der Waals surface area contributed by atoms with E-state index in [0.717, 1.165) is 11.8 Å². The van der Waals surface area contributed by atoms with Gasteiger partial charge in [-0.25, -0.2) is 0 Å². The van der Waals surface area contributed by atoms with Gasteiger partial charge < -0.3 is 30.0 Å². The fraction of sp³-hybridized carbons (Fsp3) is 0.276. The minimum atomic E-state index is -1.06.